The normalized spacial score (nSPS) is 21.4. The van der Waals surface area contributed by atoms with Crippen LogP contribution < -0.4 is 26.7 Å². The third kappa shape index (κ3) is 23.3. The van der Waals surface area contributed by atoms with Crippen molar-refractivity contribution in [3.63, 3.8) is 0 Å². The second-order valence-electron chi connectivity index (χ2n) is 39.9. The molecule has 38 heteroatoms. The van der Waals surface area contributed by atoms with Crippen LogP contribution in [0, 0.1) is 57.2 Å². The number of hydrogen-bond acceptors (Lipinski definition) is 23. The van der Waals surface area contributed by atoms with Gasteiger partial charge in [0.2, 0.25) is 23.6 Å². The number of nitrogens with one attached hydrogen (secondary N) is 6. The number of carbonyl (C=O) groups is 8. The van der Waals surface area contributed by atoms with Crippen LogP contribution in [0.5, 0.6) is 0 Å². The monoisotopic (exact) mass is 2010 g/mol. The standard InChI is InChI=1S/C48H54N8O8S.C31H36BN5O5.C23H28BrN3O5S/c1-28(2)42(54-47(60)64-4)45(58)55-26-29(23-49)18-40(55)43-51-25-39(52-43)35-13-12-33-19-32(10-11-34(33)20-35)30-6-8-31(9-7-30)36-21-38(50-24-36)41-22-48(15-16-48)27-56(41)44(57)37(53-46(59)63-3)14-17-65(5,61)62;1-18(2)26(36-29(39)40-7)28(38)37-17-19(15-33)12-25(37)27-34-16-24(35-27)22-9-8-21-14-23(11-10-20(21)13-22)32-41-30(3,4)31(5,6)42-32;1-32-22(29)26-18(7-10-33(2,30)31)21(28)27-14-23(8-9-23)12-20(27)19-11-16(13-25-19)15-3-5-17(24)6-4-15/h6-13,19-20,24-25,28-29,37,40-42H,14-18,21-22,26-27H2,1-5H3,(H,51,52)(H,53,59)(H,54,60);8-11,13-14,16,18-19,25-26H,7,12,17H2,1-6H3,(H-,34,35,36,39);3-6,13,18,20H,7-12,14H2,1-2H3,(H,26,29)/p+1/t29-,37+,40+,41+,42+;19-,25+,26+;18-,20-/m001/s1. The van der Waals surface area contributed by atoms with Crippen LogP contribution in [-0.2, 0) is 66.8 Å². The molecule has 34 nitrogen and oxygen atoms in total. The van der Waals surface area contributed by atoms with Crippen molar-refractivity contribution in [3.05, 3.63) is 173 Å². The molecule has 2 spiro atoms. The first-order valence-corrected chi connectivity index (χ1v) is 52.0. The number of nitrogens with zero attached hydrogens (tertiary/aromatic N) is 10. The fraction of sp³-hybridized carbons (Fsp3) is 0.461. The number of rotatable bonds is 26. The molecule has 2 aromatic heterocycles. The van der Waals surface area contributed by atoms with E-state index in [-0.39, 0.29) is 108 Å². The number of H-pyrrole nitrogens is 2. The van der Waals surface area contributed by atoms with Crippen molar-refractivity contribution in [2.45, 2.75) is 192 Å². The average Bonchev–Trinajstić information content (AvgIpc) is 1.58. The Labute approximate surface area is 823 Å². The summed E-state index contributed by atoms with van der Waals surface area (Å²) in [6, 6.07) is 40.9. The van der Waals surface area contributed by atoms with E-state index in [0.29, 0.717) is 50.4 Å². The number of aromatic nitrogens is 4. The van der Waals surface area contributed by atoms with Gasteiger partial charge in [0.1, 0.15) is 55.5 Å². The van der Waals surface area contributed by atoms with Crippen molar-refractivity contribution in [2.75, 3.05) is 71.5 Å². The molecule has 0 bridgehead atoms. The number of methoxy groups -OCH3 is 3. The Kier molecular flexibility index (Phi) is 30.2. The highest BCUT2D eigenvalue weighted by molar-refractivity contribution is 9.10. The quantitative estimate of drug-likeness (QED) is 0.0167. The molecule has 10 atom stereocenters. The van der Waals surface area contributed by atoms with Crippen molar-refractivity contribution < 1.29 is 83.1 Å². The first-order valence-electron chi connectivity index (χ1n) is 47.0. The summed E-state index contributed by atoms with van der Waals surface area (Å²) in [7, 11) is -3.43. The van der Waals surface area contributed by atoms with Crippen molar-refractivity contribution in [3.8, 4) is 45.8 Å². The number of halogens is 1. The van der Waals surface area contributed by atoms with Crippen LogP contribution in [0.25, 0.3) is 66.3 Å². The molecule has 8 aromatic rings. The fourth-order valence-electron chi connectivity index (χ4n) is 19.5. The van der Waals surface area contributed by atoms with Crippen molar-refractivity contribution in [1.29, 1.82) is 10.5 Å². The van der Waals surface area contributed by atoms with Crippen LogP contribution in [0.1, 0.15) is 167 Å². The smallest absolute Gasteiger partial charge is 0.453 e. The Bertz CT molecular complexity index is 6600. The fourth-order valence-corrected chi connectivity index (χ4v) is 21.1. The summed E-state index contributed by atoms with van der Waals surface area (Å²) in [4.78, 5) is 135. The van der Waals surface area contributed by atoms with Crippen LogP contribution >= 0.6 is 15.9 Å². The Morgan fingerprint density at radius 1 is 0.521 bits per heavy atom. The minimum atomic E-state index is -3.37. The number of fused-ring (bicyclic) bond motifs is 2. The molecule has 9 heterocycles. The van der Waals surface area contributed by atoms with E-state index in [1.807, 2.05) is 110 Å². The largest absolute Gasteiger partial charge is 0.691 e. The molecular formula is C102H119BBrN16O18S2+. The lowest BCUT2D eigenvalue weighted by atomic mass is 9.78. The number of imidazole rings is 2. The minimum Gasteiger partial charge on any atom is -0.453 e. The van der Waals surface area contributed by atoms with Crippen molar-refractivity contribution in [1.82, 2.24) is 60.8 Å². The van der Waals surface area contributed by atoms with Gasteiger partial charge in [0.15, 0.2) is 6.79 Å². The number of amides is 8. The molecule has 0 unspecified atom stereocenters. The molecule has 0 radical (unpaired) electrons. The molecule has 2 aliphatic carbocycles. The van der Waals surface area contributed by atoms with Crippen molar-refractivity contribution in [2.24, 2.45) is 44.5 Å². The summed E-state index contributed by atoms with van der Waals surface area (Å²) >= 11 is 3.45. The van der Waals surface area contributed by atoms with Gasteiger partial charge >= 0.3 is 31.5 Å². The summed E-state index contributed by atoms with van der Waals surface area (Å²) in [5.41, 5.74) is 11.9. The van der Waals surface area contributed by atoms with Crippen LogP contribution in [0.3, 0.4) is 0 Å². The van der Waals surface area contributed by atoms with Crippen molar-refractivity contribution >= 4 is 147 Å². The van der Waals surface area contributed by atoms with E-state index >= 15 is 0 Å². The number of sulfone groups is 2. The number of likely N-dealkylation sites (tertiary alicyclic amines) is 4. The highest BCUT2D eigenvalue weighted by atomic mass is 79.9. The Morgan fingerprint density at radius 2 is 0.900 bits per heavy atom. The third-order valence-corrected chi connectivity index (χ3v) is 31.1. The van der Waals surface area contributed by atoms with E-state index < -0.39 is 98.6 Å². The summed E-state index contributed by atoms with van der Waals surface area (Å²) in [6.45, 7) is 20.3. The van der Waals surface area contributed by atoms with E-state index in [1.165, 1.54) is 21.3 Å². The SMILES string of the molecule is C=[O+]C(=O)N[C@@H](C(=O)N1C[C@H](C#N)C[C@@H]1c1ncc(-c2ccc3cc(B4OC(C)(C)C(C)(C)O4)ccc3c2)[nH]1)C(C)C.COC(=O)N[C@H](CCS(C)(=O)=O)C(=O)N1CC2(CC2)C[C@@H]1C1=NC=C(c2ccc(-c3ccc4cc(-c5cnc([C@H]6C[C@@H](C#N)CN6C(=O)[C@H](NC(=O)OC)C(C)C)[nH]5)ccc4c3)cc2)C1.COC(=O)N[C@H](CCS(C)(=O)=O)C(=O)N1CC2(CC2)C[C@@H]1C1=NC=C(c2ccc(Br)cc2)C1. The zero-order valence-electron chi connectivity index (χ0n) is 80.8. The first kappa shape index (κ1) is 102. The van der Waals surface area contributed by atoms with Crippen LogP contribution in [0.15, 0.2) is 161 Å². The maximum atomic E-state index is 14.0. The van der Waals surface area contributed by atoms with Gasteiger partial charge in [0, 0.05) is 91.0 Å². The first-order chi connectivity index (χ1) is 66.5. The van der Waals surface area contributed by atoms with Crippen LogP contribution in [0.4, 0.5) is 19.2 Å². The van der Waals surface area contributed by atoms with E-state index in [2.05, 4.69) is 169 Å². The molecule has 7 fully saturated rings. The van der Waals surface area contributed by atoms with Gasteiger partial charge in [-0.25, -0.2) is 41.2 Å². The van der Waals surface area contributed by atoms with Crippen LogP contribution in [-0.4, -0.2) is 249 Å². The second-order valence-corrected chi connectivity index (χ2v) is 45.4. The lowest BCUT2D eigenvalue weighted by Crippen LogP contribution is -2.52. The minimum absolute atomic E-state index is 0.00213. The lowest BCUT2D eigenvalue weighted by molar-refractivity contribution is -0.333. The number of aromatic amines is 2. The van der Waals surface area contributed by atoms with Gasteiger partial charge in [0.25, 0.3) is 0 Å². The topological polar surface area (TPSA) is 453 Å². The molecule has 736 valence electrons. The summed E-state index contributed by atoms with van der Waals surface area (Å²) in [5.74, 6) is -1.59. The number of alkyl carbamates (subject to hydrolysis) is 3. The summed E-state index contributed by atoms with van der Waals surface area (Å²) in [6.07, 6.45) is 14.3. The zero-order chi connectivity index (χ0) is 100. The molecule has 6 N–H and O–H groups in total. The molecule has 8 amide bonds. The average molecular weight is 2010 g/mol. The molecule has 7 aliphatic heterocycles. The van der Waals surface area contributed by atoms with Gasteiger partial charge in [-0.1, -0.05) is 135 Å². The molecular weight excluding hydrogens is 1890 g/mol. The predicted octanol–water partition coefficient (Wildman–Crippen LogP) is 13.6. The van der Waals surface area contributed by atoms with Gasteiger partial charge in [-0.2, -0.15) is 10.5 Å². The van der Waals surface area contributed by atoms with E-state index in [4.69, 9.17) is 23.8 Å². The summed E-state index contributed by atoms with van der Waals surface area (Å²) in [5, 5.41) is 34.0. The molecule has 9 aliphatic rings. The van der Waals surface area contributed by atoms with E-state index in [9.17, 15) is 65.7 Å². The van der Waals surface area contributed by atoms with E-state index in [1.54, 1.807) is 32.0 Å². The van der Waals surface area contributed by atoms with Gasteiger partial charge in [-0.15, -0.1) is 0 Å². The highest BCUT2D eigenvalue weighted by Gasteiger charge is 2.58. The molecule has 5 saturated heterocycles. The Hall–Kier alpha value is -12.7. The number of carbonyl (C=O) groups excluding carboxylic acids is 9. The number of aliphatic imine (C=N–C) groups is 2. The predicted molar refractivity (Wildman–Crippen MR) is 534 cm³/mol. The Morgan fingerprint density at radius 3 is 1.30 bits per heavy atom. The highest BCUT2D eigenvalue weighted by Crippen LogP contribution is 2.57. The van der Waals surface area contributed by atoms with Gasteiger partial charge in [-0.3, -0.25) is 38.9 Å². The van der Waals surface area contributed by atoms with Gasteiger partial charge in [0.05, 0.1) is 121 Å². The maximum absolute atomic E-state index is 14.0. The number of allylic oxidation sites excluding steroid dienone is 2. The lowest BCUT2D eigenvalue weighted by Gasteiger charge is -2.32. The Balaban J connectivity index is 0.000000170. The molecule has 2 saturated carbocycles. The number of nitriles is 2. The molecule has 140 heavy (non-hydrogen) atoms. The number of benzene rings is 6. The van der Waals surface area contributed by atoms with E-state index in [0.717, 1.165) is 150 Å². The summed E-state index contributed by atoms with van der Waals surface area (Å²) < 4.78 is 79.5. The number of hydrogen-bond donors (Lipinski definition) is 6. The maximum Gasteiger partial charge on any atom is 0.691 e. The third-order valence-electron chi connectivity index (χ3n) is 28.6. The molecule has 6 aromatic carbocycles. The number of ether oxygens (including phenoxy) is 3. The van der Waals surface area contributed by atoms with Crippen LogP contribution in [0.2, 0.25) is 0 Å². The molecule has 17 rings (SSSR count). The zero-order valence-corrected chi connectivity index (χ0v) is 84.0. The second kappa shape index (κ2) is 41.6. The van der Waals surface area contributed by atoms with Gasteiger partial charge < -0.3 is 69.0 Å². The van der Waals surface area contributed by atoms with Gasteiger partial charge in [-0.05, 0) is 205 Å².